The highest BCUT2D eigenvalue weighted by Gasteiger charge is 2.07. The molecule has 1 aliphatic rings. The van der Waals surface area contributed by atoms with Gasteiger partial charge in [-0.15, -0.1) is 0 Å². The average Bonchev–Trinajstić information content (AvgIpc) is 2.53. The average molecular weight is 229 g/mol. The van der Waals surface area contributed by atoms with E-state index < -0.39 is 0 Å². The highest BCUT2D eigenvalue weighted by atomic mass is 14.9. The van der Waals surface area contributed by atoms with Crippen LogP contribution in [0.5, 0.6) is 0 Å². The van der Waals surface area contributed by atoms with E-state index in [9.17, 15) is 0 Å². The molecule has 1 atom stereocenters. The minimum absolute atomic E-state index is 0.568. The standard InChI is InChI=1S/C16H23N/c1-13-10-14(2)12-15(11-13)7-8-16-6-4-3-5-9-17-16/h7-8,10-12,16-17H,3-6,9H2,1-2H3/b8-7+. The van der Waals surface area contributed by atoms with Crippen molar-refractivity contribution in [2.75, 3.05) is 6.54 Å². The Balaban J connectivity index is 2.03. The molecule has 92 valence electrons. The largest absolute Gasteiger partial charge is 0.311 e. The van der Waals surface area contributed by atoms with Crippen LogP contribution in [0.3, 0.4) is 0 Å². The maximum absolute atomic E-state index is 3.59. The molecule has 0 spiro atoms. The Labute approximate surface area is 105 Å². The van der Waals surface area contributed by atoms with Gasteiger partial charge in [0.15, 0.2) is 0 Å². The van der Waals surface area contributed by atoms with E-state index in [0.717, 1.165) is 0 Å². The minimum Gasteiger partial charge on any atom is -0.311 e. The van der Waals surface area contributed by atoms with Crippen LogP contribution in [0.1, 0.15) is 42.4 Å². The monoisotopic (exact) mass is 229 g/mol. The highest BCUT2D eigenvalue weighted by Crippen LogP contribution is 2.13. The topological polar surface area (TPSA) is 12.0 Å². The van der Waals surface area contributed by atoms with Gasteiger partial charge in [0.05, 0.1) is 0 Å². The van der Waals surface area contributed by atoms with Gasteiger partial charge in [0.2, 0.25) is 0 Å². The quantitative estimate of drug-likeness (QED) is 0.812. The zero-order valence-corrected chi connectivity index (χ0v) is 11.0. The molecule has 1 heterocycles. The van der Waals surface area contributed by atoms with Crippen molar-refractivity contribution in [1.82, 2.24) is 5.32 Å². The third-order valence-corrected chi connectivity index (χ3v) is 3.36. The summed E-state index contributed by atoms with van der Waals surface area (Å²) in [6.07, 6.45) is 9.94. The summed E-state index contributed by atoms with van der Waals surface area (Å²) < 4.78 is 0. The Hall–Kier alpha value is -1.08. The van der Waals surface area contributed by atoms with Crippen LogP contribution < -0.4 is 5.32 Å². The molecule has 1 fully saturated rings. The van der Waals surface area contributed by atoms with E-state index in [1.807, 2.05) is 0 Å². The van der Waals surface area contributed by atoms with E-state index >= 15 is 0 Å². The summed E-state index contributed by atoms with van der Waals surface area (Å²) >= 11 is 0. The number of nitrogens with one attached hydrogen (secondary N) is 1. The molecule has 1 saturated heterocycles. The molecule has 0 saturated carbocycles. The predicted octanol–water partition coefficient (Wildman–Crippen LogP) is 3.85. The van der Waals surface area contributed by atoms with Gasteiger partial charge < -0.3 is 5.32 Å². The SMILES string of the molecule is Cc1cc(C)cc(/C=C/C2CCCCCN2)c1. The summed E-state index contributed by atoms with van der Waals surface area (Å²) in [4.78, 5) is 0. The van der Waals surface area contributed by atoms with Gasteiger partial charge in [0.25, 0.3) is 0 Å². The van der Waals surface area contributed by atoms with Crippen molar-refractivity contribution in [3.05, 3.63) is 41.0 Å². The van der Waals surface area contributed by atoms with Crippen LogP contribution >= 0.6 is 0 Å². The predicted molar refractivity (Wildman–Crippen MR) is 75.2 cm³/mol. The van der Waals surface area contributed by atoms with Crippen LogP contribution in [0, 0.1) is 13.8 Å². The maximum atomic E-state index is 3.59. The van der Waals surface area contributed by atoms with Crippen LogP contribution in [-0.2, 0) is 0 Å². The first-order chi connectivity index (χ1) is 8.24. The van der Waals surface area contributed by atoms with E-state index in [1.165, 1.54) is 48.9 Å². The third-order valence-electron chi connectivity index (χ3n) is 3.36. The Bertz CT molecular complexity index is 364. The van der Waals surface area contributed by atoms with Crippen molar-refractivity contribution < 1.29 is 0 Å². The molecule has 1 aliphatic heterocycles. The van der Waals surface area contributed by atoms with Crippen LogP contribution in [-0.4, -0.2) is 12.6 Å². The van der Waals surface area contributed by atoms with Crippen molar-refractivity contribution in [3.8, 4) is 0 Å². The summed E-state index contributed by atoms with van der Waals surface area (Å²) in [6.45, 7) is 5.49. The Morgan fingerprint density at radius 2 is 1.82 bits per heavy atom. The second-order valence-electron chi connectivity index (χ2n) is 5.19. The Morgan fingerprint density at radius 1 is 1.06 bits per heavy atom. The van der Waals surface area contributed by atoms with Crippen LogP contribution in [0.25, 0.3) is 6.08 Å². The molecule has 0 radical (unpaired) electrons. The molecule has 1 aromatic rings. The molecule has 0 aliphatic carbocycles. The van der Waals surface area contributed by atoms with Gasteiger partial charge >= 0.3 is 0 Å². The molecule has 0 aromatic heterocycles. The lowest BCUT2D eigenvalue weighted by Gasteiger charge is -2.10. The van der Waals surface area contributed by atoms with Gasteiger partial charge in [-0.3, -0.25) is 0 Å². The Kier molecular flexibility index (Phi) is 4.38. The molecule has 1 N–H and O–H groups in total. The van der Waals surface area contributed by atoms with Gasteiger partial charge in [0.1, 0.15) is 0 Å². The fraction of sp³-hybridized carbons (Fsp3) is 0.500. The molecule has 1 nitrogen and oxygen atoms in total. The van der Waals surface area contributed by atoms with Gasteiger partial charge in [0, 0.05) is 6.04 Å². The Morgan fingerprint density at radius 3 is 2.59 bits per heavy atom. The first-order valence-electron chi connectivity index (χ1n) is 6.74. The van der Waals surface area contributed by atoms with Gasteiger partial charge in [-0.2, -0.15) is 0 Å². The summed E-state index contributed by atoms with van der Waals surface area (Å²) in [7, 11) is 0. The summed E-state index contributed by atoms with van der Waals surface area (Å²) in [5.74, 6) is 0. The van der Waals surface area contributed by atoms with Gasteiger partial charge in [-0.25, -0.2) is 0 Å². The molecule has 0 bridgehead atoms. The van der Waals surface area contributed by atoms with E-state index in [1.54, 1.807) is 0 Å². The highest BCUT2D eigenvalue weighted by molar-refractivity contribution is 5.52. The van der Waals surface area contributed by atoms with Crippen LogP contribution in [0.4, 0.5) is 0 Å². The first kappa shape index (κ1) is 12.4. The van der Waals surface area contributed by atoms with E-state index in [2.05, 4.69) is 49.5 Å². The van der Waals surface area contributed by atoms with Crippen molar-refractivity contribution >= 4 is 6.08 Å². The van der Waals surface area contributed by atoms with Crippen LogP contribution in [0.2, 0.25) is 0 Å². The second-order valence-corrected chi connectivity index (χ2v) is 5.19. The van der Waals surface area contributed by atoms with E-state index in [-0.39, 0.29) is 0 Å². The zero-order valence-electron chi connectivity index (χ0n) is 11.0. The maximum Gasteiger partial charge on any atom is 0.0253 e. The second kappa shape index (κ2) is 6.02. The number of hydrogen-bond acceptors (Lipinski definition) is 1. The summed E-state index contributed by atoms with van der Waals surface area (Å²) in [6, 6.07) is 7.29. The summed E-state index contributed by atoms with van der Waals surface area (Å²) in [5, 5.41) is 3.59. The fourth-order valence-corrected chi connectivity index (χ4v) is 2.55. The molecule has 1 heteroatoms. The molecular formula is C16H23N. The molecular weight excluding hydrogens is 206 g/mol. The normalized spacial score (nSPS) is 21.6. The number of hydrogen-bond donors (Lipinski definition) is 1. The smallest absolute Gasteiger partial charge is 0.0253 e. The third kappa shape index (κ3) is 4.01. The van der Waals surface area contributed by atoms with Gasteiger partial charge in [-0.05, 0) is 38.8 Å². The lowest BCUT2D eigenvalue weighted by Crippen LogP contribution is -2.25. The molecule has 1 unspecified atom stereocenters. The number of rotatable bonds is 2. The van der Waals surface area contributed by atoms with E-state index in [4.69, 9.17) is 0 Å². The molecule has 0 amide bonds. The number of benzene rings is 1. The van der Waals surface area contributed by atoms with E-state index in [0.29, 0.717) is 6.04 Å². The van der Waals surface area contributed by atoms with Crippen molar-refractivity contribution in [3.63, 3.8) is 0 Å². The van der Waals surface area contributed by atoms with Crippen LogP contribution in [0.15, 0.2) is 24.3 Å². The van der Waals surface area contributed by atoms with Gasteiger partial charge in [-0.1, -0.05) is 54.3 Å². The number of aryl methyl sites for hydroxylation is 2. The first-order valence-corrected chi connectivity index (χ1v) is 6.74. The molecule has 1 aromatic carbocycles. The minimum atomic E-state index is 0.568. The van der Waals surface area contributed by atoms with Crippen molar-refractivity contribution in [1.29, 1.82) is 0 Å². The van der Waals surface area contributed by atoms with Crippen molar-refractivity contribution in [2.45, 2.75) is 45.6 Å². The zero-order chi connectivity index (χ0) is 12.1. The van der Waals surface area contributed by atoms with Crippen molar-refractivity contribution in [2.24, 2.45) is 0 Å². The lowest BCUT2D eigenvalue weighted by molar-refractivity contribution is 0.599. The lowest BCUT2D eigenvalue weighted by atomic mass is 10.1. The molecule has 17 heavy (non-hydrogen) atoms. The summed E-state index contributed by atoms with van der Waals surface area (Å²) in [5.41, 5.74) is 4.02. The fourth-order valence-electron chi connectivity index (χ4n) is 2.55. The molecule has 2 rings (SSSR count).